The molecule has 0 bridgehead atoms. The number of thiophene rings is 1. The Morgan fingerprint density at radius 1 is 0.929 bits per heavy atom. The van der Waals surface area contributed by atoms with E-state index in [2.05, 4.69) is 55.9 Å². The van der Waals surface area contributed by atoms with Gasteiger partial charge in [-0.2, -0.15) is 11.3 Å². The second-order valence-corrected chi connectivity index (χ2v) is 7.80. The van der Waals surface area contributed by atoms with Gasteiger partial charge in [-0.1, -0.05) is 18.2 Å². The minimum atomic E-state index is 0.813. The fourth-order valence-corrected chi connectivity index (χ4v) is 4.32. The summed E-state index contributed by atoms with van der Waals surface area (Å²) in [6.07, 6.45) is 3.78. The third-order valence-corrected chi connectivity index (χ3v) is 5.85. The number of fused-ring (bicyclic) bond motifs is 1. The Morgan fingerprint density at radius 3 is 2.61 bits per heavy atom. The van der Waals surface area contributed by atoms with E-state index in [1.807, 2.05) is 24.5 Å². The molecule has 1 saturated heterocycles. The van der Waals surface area contributed by atoms with Gasteiger partial charge in [0.2, 0.25) is 0 Å². The van der Waals surface area contributed by atoms with Crippen LogP contribution in [0.1, 0.15) is 5.56 Å². The summed E-state index contributed by atoms with van der Waals surface area (Å²) in [6, 6.07) is 14.6. The van der Waals surface area contributed by atoms with Crippen LogP contribution in [0.2, 0.25) is 0 Å². The van der Waals surface area contributed by atoms with E-state index in [0.29, 0.717) is 0 Å². The highest BCUT2D eigenvalue weighted by molar-refractivity contribution is 7.08. The number of anilines is 1. The molecule has 3 aromatic heterocycles. The molecule has 1 fully saturated rings. The van der Waals surface area contributed by atoms with E-state index in [9.17, 15) is 0 Å². The molecule has 6 heteroatoms. The standard InChI is InChI=1S/C22H21N5S/c1-2-6-20-19(5-1)22(25-21(24-20)18-7-13-28-16-18)27-11-9-26(10-12-27)15-17-4-3-8-23-14-17/h1-8,13-14,16H,9-12,15H2. The lowest BCUT2D eigenvalue weighted by Crippen LogP contribution is -2.46. The van der Waals surface area contributed by atoms with Gasteiger partial charge < -0.3 is 4.90 Å². The number of aromatic nitrogens is 3. The minimum Gasteiger partial charge on any atom is -0.353 e. The summed E-state index contributed by atoms with van der Waals surface area (Å²) in [5, 5.41) is 5.31. The Labute approximate surface area is 168 Å². The van der Waals surface area contributed by atoms with Crippen LogP contribution in [0.4, 0.5) is 5.82 Å². The van der Waals surface area contributed by atoms with E-state index in [4.69, 9.17) is 9.97 Å². The molecule has 4 heterocycles. The fraction of sp³-hybridized carbons (Fsp3) is 0.227. The zero-order valence-electron chi connectivity index (χ0n) is 15.5. The van der Waals surface area contributed by atoms with E-state index in [0.717, 1.165) is 60.8 Å². The average molecular weight is 388 g/mol. The lowest BCUT2D eigenvalue weighted by Gasteiger charge is -2.36. The van der Waals surface area contributed by atoms with Gasteiger partial charge in [-0.15, -0.1) is 0 Å². The van der Waals surface area contributed by atoms with E-state index in [1.54, 1.807) is 11.3 Å². The smallest absolute Gasteiger partial charge is 0.162 e. The van der Waals surface area contributed by atoms with Gasteiger partial charge in [0.05, 0.1) is 5.52 Å². The first-order valence-electron chi connectivity index (χ1n) is 9.52. The number of hydrogen-bond acceptors (Lipinski definition) is 6. The predicted molar refractivity (Wildman–Crippen MR) is 115 cm³/mol. The topological polar surface area (TPSA) is 45.2 Å². The molecule has 28 heavy (non-hydrogen) atoms. The summed E-state index contributed by atoms with van der Waals surface area (Å²) in [7, 11) is 0. The van der Waals surface area contributed by atoms with Gasteiger partial charge in [0, 0.05) is 61.4 Å². The Balaban J connectivity index is 1.40. The van der Waals surface area contributed by atoms with Crippen LogP contribution in [0.3, 0.4) is 0 Å². The monoisotopic (exact) mass is 387 g/mol. The molecule has 1 aromatic carbocycles. The van der Waals surface area contributed by atoms with Crippen molar-refractivity contribution >= 4 is 28.1 Å². The molecule has 4 aromatic rings. The first-order chi connectivity index (χ1) is 13.9. The molecule has 0 N–H and O–H groups in total. The number of rotatable bonds is 4. The molecule has 5 nitrogen and oxygen atoms in total. The van der Waals surface area contributed by atoms with Crippen LogP contribution >= 0.6 is 11.3 Å². The molecule has 0 atom stereocenters. The quantitative estimate of drug-likeness (QED) is 0.528. The van der Waals surface area contributed by atoms with Crippen molar-refractivity contribution in [3.05, 3.63) is 71.2 Å². The van der Waals surface area contributed by atoms with Gasteiger partial charge in [-0.3, -0.25) is 9.88 Å². The zero-order valence-corrected chi connectivity index (χ0v) is 16.3. The molecule has 0 radical (unpaired) electrons. The van der Waals surface area contributed by atoms with E-state index in [1.165, 1.54) is 5.56 Å². The van der Waals surface area contributed by atoms with Crippen molar-refractivity contribution in [2.24, 2.45) is 0 Å². The zero-order chi connectivity index (χ0) is 18.8. The Kier molecular flexibility index (Phi) is 4.72. The highest BCUT2D eigenvalue weighted by Gasteiger charge is 2.21. The van der Waals surface area contributed by atoms with Crippen molar-refractivity contribution in [2.45, 2.75) is 6.54 Å². The third kappa shape index (κ3) is 3.48. The molecule has 1 aliphatic heterocycles. The lowest BCUT2D eigenvalue weighted by molar-refractivity contribution is 0.249. The molecule has 0 saturated carbocycles. The van der Waals surface area contributed by atoms with Crippen molar-refractivity contribution in [3.63, 3.8) is 0 Å². The Morgan fingerprint density at radius 2 is 1.82 bits per heavy atom. The molecule has 5 rings (SSSR count). The van der Waals surface area contributed by atoms with Gasteiger partial charge in [-0.25, -0.2) is 9.97 Å². The van der Waals surface area contributed by atoms with Crippen molar-refractivity contribution in [3.8, 4) is 11.4 Å². The molecule has 1 aliphatic rings. The third-order valence-electron chi connectivity index (χ3n) is 5.16. The first-order valence-corrected chi connectivity index (χ1v) is 10.5. The first kappa shape index (κ1) is 17.3. The van der Waals surface area contributed by atoms with Gasteiger partial charge in [0.15, 0.2) is 5.82 Å². The average Bonchev–Trinajstić information content (AvgIpc) is 3.29. The largest absolute Gasteiger partial charge is 0.353 e. The van der Waals surface area contributed by atoms with E-state index in [-0.39, 0.29) is 0 Å². The Hall–Kier alpha value is -2.83. The van der Waals surface area contributed by atoms with Crippen molar-refractivity contribution in [2.75, 3.05) is 31.1 Å². The molecular weight excluding hydrogens is 366 g/mol. The van der Waals surface area contributed by atoms with Crippen molar-refractivity contribution in [1.29, 1.82) is 0 Å². The molecule has 0 aliphatic carbocycles. The molecule has 0 unspecified atom stereocenters. The van der Waals surface area contributed by atoms with Gasteiger partial charge in [0.1, 0.15) is 5.82 Å². The van der Waals surface area contributed by atoms with Crippen LogP contribution < -0.4 is 4.90 Å². The normalized spacial score (nSPS) is 15.2. The maximum absolute atomic E-state index is 4.97. The van der Waals surface area contributed by atoms with Crippen molar-refractivity contribution < 1.29 is 0 Å². The summed E-state index contributed by atoms with van der Waals surface area (Å²) in [5.74, 6) is 1.86. The summed E-state index contributed by atoms with van der Waals surface area (Å²) in [6.45, 7) is 4.91. The number of para-hydroxylation sites is 1. The summed E-state index contributed by atoms with van der Waals surface area (Å²) in [4.78, 5) is 18.9. The number of nitrogens with zero attached hydrogens (tertiary/aromatic N) is 5. The second-order valence-electron chi connectivity index (χ2n) is 7.02. The van der Waals surface area contributed by atoms with Gasteiger partial charge in [-0.05, 0) is 35.2 Å². The summed E-state index contributed by atoms with van der Waals surface area (Å²) < 4.78 is 0. The summed E-state index contributed by atoms with van der Waals surface area (Å²) in [5.41, 5.74) is 3.36. The van der Waals surface area contributed by atoms with Gasteiger partial charge >= 0.3 is 0 Å². The number of piperazine rings is 1. The van der Waals surface area contributed by atoms with Gasteiger partial charge in [0.25, 0.3) is 0 Å². The maximum Gasteiger partial charge on any atom is 0.162 e. The van der Waals surface area contributed by atoms with Crippen LogP contribution in [0.25, 0.3) is 22.3 Å². The molecule has 140 valence electrons. The number of hydrogen-bond donors (Lipinski definition) is 0. The molecule has 0 amide bonds. The minimum absolute atomic E-state index is 0.813. The second kappa shape index (κ2) is 7.66. The highest BCUT2D eigenvalue weighted by Crippen LogP contribution is 2.29. The summed E-state index contributed by atoms with van der Waals surface area (Å²) >= 11 is 1.68. The fourth-order valence-electron chi connectivity index (χ4n) is 3.69. The Bertz CT molecular complexity index is 1060. The van der Waals surface area contributed by atoms with Crippen LogP contribution in [-0.4, -0.2) is 46.0 Å². The maximum atomic E-state index is 4.97. The number of pyridine rings is 1. The van der Waals surface area contributed by atoms with Crippen LogP contribution in [0, 0.1) is 0 Å². The SMILES string of the molecule is c1cncc(CN2CCN(c3nc(-c4ccsc4)nc4ccccc34)CC2)c1. The van der Waals surface area contributed by atoms with Crippen LogP contribution in [-0.2, 0) is 6.54 Å². The van der Waals surface area contributed by atoms with Crippen LogP contribution in [0.5, 0.6) is 0 Å². The van der Waals surface area contributed by atoms with E-state index >= 15 is 0 Å². The van der Waals surface area contributed by atoms with Crippen LogP contribution in [0.15, 0.2) is 65.6 Å². The molecular formula is C22H21N5S. The highest BCUT2D eigenvalue weighted by atomic mass is 32.1. The van der Waals surface area contributed by atoms with Crippen molar-refractivity contribution in [1.82, 2.24) is 19.9 Å². The number of benzene rings is 1. The lowest BCUT2D eigenvalue weighted by atomic mass is 10.2. The van der Waals surface area contributed by atoms with E-state index < -0.39 is 0 Å². The predicted octanol–water partition coefficient (Wildman–Crippen LogP) is 4.08. The molecule has 0 spiro atoms.